The van der Waals surface area contributed by atoms with Crippen molar-refractivity contribution in [2.75, 3.05) is 28.6 Å². The fraction of sp³-hybridized carbons (Fsp3) is 0.286. The SMILES string of the molecule is CC(=O)N[C@H]1CCN(c2cc(Nc3cnccn3)nc(NCc3ccc(F)cc3)n2)C1. The maximum atomic E-state index is 13.2. The minimum Gasteiger partial charge on any atom is -0.354 e. The fourth-order valence-electron chi connectivity index (χ4n) is 3.39. The van der Waals surface area contributed by atoms with Gasteiger partial charge in [0.15, 0.2) is 0 Å². The summed E-state index contributed by atoms with van der Waals surface area (Å²) in [4.78, 5) is 30.9. The lowest BCUT2D eigenvalue weighted by Crippen LogP contribution is -2.35. The number of nitrogens with one attached hydrogen (secondary N) is 3. The molecule has 0 unspecified atom stereocenters. The standard InChI is InChI=1S/C21H23FN8O/c1-14(31)26-17-6-9-30(13-17)20-10-18(27-19-12-23-7-8-24-19)28-21(29-20)25-11-15-2-4-16(22)5-3-15/h2-5,7-8,10,12,17H,6,9,11,13H2,1H3,(H,26,31)(H2,24,25,27,28,29)/t17-/m0/s1. The van der Waals surface area contributed by atoms with Gasteiger partial charge in [-0.15, -0.1) is 0 Å². The molecular weight excluding hydrogens is 399 g/mol. The first-order chi connectivity index (χ1) is 15.0. The average molecular weight is 422 g/mol. The highest BCUT2D eigenvalue weighted by atomic mass is 19.1. The van der Waals surface area contributed by atoms with Crippen LogP contribution < -0.4 is 20.9 Å². The summed E-state index contributed by atoms with van der Waals surface area (Å²) in [5.41, 5.74) is 0.908. The van der Waals surface area contributed by atoms with E-state index in [1.54, 1.807) is 30.7 Å². The summed E-state index contributed by atoms with van der Waals surface area (Å²) in [6, 6.07) is 8.18. The van der Waals surface area contributed by atoms with E-state index in [-0.39, 0.29) is 17.8 Å². The Kier molecular flexibility index (Phi) is 6.16. The van der Waals surface area contributed by atoms with Crippen molar-refractivity contribution in [1.82, 2.24) is 25.3 Å². The Bertz CT molecular complexity index is 1030. The Balaban J connectivity index is 1.54. The quantitative estimate of drug-likeness (QED) is 0.533. The van der Waals surface area contributed by atoms with Gasteiger partial charge >= 0.3 is 0 Å². The maximum absolute atomic E-state index is 13.2. The number of nitrogens with zero attached hydrogens (tertiary/aromatic N) is 5. The molecule has 1 saturated heterocycles. The number of hydrogen-bond donors (Lipinski definition) is 3. The van der Waals surface area contributed by atoms with Crippen LogP contribution in [0.4, 0.5) is 27.8 Å². The Morgan fingerprint density at radius 1 is 1.19 bits per heavy atom. The van der Waals surface area contributed by atoms with Gasteiger partial charge in [0.05, 0.1) is 6.20 Å². The van der Waals surface area contributed by atoms with E-state index in [0.717, 1.165) is 24.3 Å². The third kappa shape index (κ3) is 5.62. The van der Waals surface area contributed by atoms with Crippen LogP contribution in [-0.2, 0) is 11.3 Å². The summed E-state index contributed by atoms with van der Waals surface area (Å²) in [6.45, 7) is 3.40. The van der Waals surface area contributed by atoms with Crippen molar-refractivity contribution in [2.24, 2.45) is 0 Å². The molecule has 1 fully saturated rings. The number of halogens is 1. The molecule has 0 spiro atoms. The first-order valence-corrected chi connectivity index (χ1v) is 9.97. The van der Waals surface area contributed by atoms with Gasteiger partial charge in [-0.2, -0.15) is 9.97 Å². The molecule has 0 saturated carbocycles. The van der Waals surface area contributed by atoms with Crippen LogP contribution in [0.25, 0.3) is 0 Å². The first kappa shape index (κ1) is 20.5. The third-order valence-corrected chi connectivity index (χ3v) is 4.82. The molecule has 1 aliphatic heterocycles. The van der Waals surface area contributed by atoms with Crippen LogP contribution in [0.15, 0.2) is 48.9 Å². The summed E-state index contributed by atoms with van der Waals surface area (Å²) in [5, 5.41) is 9.30. The van der Waals surface area contributed by atoms with Crippen molar-refractivity contribution < 1.29 is 9.18 Å². The lowest BCUT2D eigenvalue weighted by molar-refractivity contribution is -0.119. The van der Waals surface area contributed by atoms with Gasteiger partial charge in [0.1, 0.15) is 23.3 Å². The number of carbonyl (C=O) groups is 1. The monoisotopic (exact) mass is 422 g/mol. The number of benzene rings is 1. The van der Waals surface area contributed by atoms with Crippen LogP contribution in [-0.4, -0.2) is 45.0 Å². The summed E-state index contributed by atoms with van der Waals surface area (Å²) in [5.74, 6) is 1.97. The highest BCUT2D eigenvalue weighted by Crippen LogP contribution is 2.24. The Labute approximate surface area is 179 Å². The average Bonchev–Trinajstić information content (AvgIpc) is 3.22. The van der Waals surface area contributed by atoms with Crippen molar-refractivity contribution in [1.29, 1.82) is 0 Å². The molecule has 0 bridgehead atoms. The zero-order chi connectivity index (χ0) is 21.6. The van der Waals surface area contributed by atoms with Crippen molar-refractivity contribution in [2.45, 2.75) is 25.9 Å². The summed E-state index contributed by atoms with van der Waals surface area (Å²) >= 11 is 0. The molecule has 4 rings (SSSR count). The van der Waals surface area contributed by atoms with E-state index in [9.17, 15) is 9.18 Å². The van der Waals surface area contributed by atoms with E-state index in [4.69, 9.17) is 0 Å². The van der Waals surface area contributed by atoms with Crippen LogP contribution in [0.5, 0.6) is 0 Å². The van der Waals surface area contributed by atoms with Crippen LogP contribution in [0, 0.1) is 5.82 Å². The van der Waals surface area contributed by atoms with Gasteiger partial charge in [0.2, 0.25) is 11.9 Å². The molecule has 0 radical (unpaired) electrons. The Morgan fingerprint density at radius 2 is 2.03 bits per heavy atom. The van der Waals surface area contributed by atoms with Crippen molar-refractivity contribution in [3.05, 3.63) is 60.3 Å². The van der Waals surface area contributed by atoms with Gasteiger partial charge in [-0.25, -0.2) is 9.37 Å². The van der Waals surface area contributed by atoms with E-state index >= 15 is 0 Å². The highest BCUT2D eigenvalue weighted by molar-refractivity contribution is 5.73. The normalized spacial score (nSPS) is 15.5. The molecule has 9 nitrogen and oxygen atoms in total. The molecule has 3 heterocycles. The number of carbonyl (C=O) groups excluding carboxylic acids is 1. The minimum absolute atomic E-state index is 0.0406. The van der Waals surface area contributed by atoms with Gasteiger partial charge in [-0.05, 0) is 24.1 Å². The molecule has 2 aromatic heterocycles. The van der Waals surface area contributed by atoms with Gasteiger partial charge in [0.25, 0.3) is 0 Å². The van der Waals surface area contributed by atoms with Crippen molar-refractivity contribution in [3.8, 4) is 0 Å². The smallest absolute Gasteiger partial charge is 0.226 e. The summed E-state index contributed by atoms with van der Waals surface area (Å²) in [7, 11) is 0. The molecule has 160 valence electrons. The summed E-state index contributed by atoms with van der Waals surface area (Å²) < 4.78 is 13.2. The Hall–Kier alpha value is -3.82. The predicted molar refractivity (Wildman–Crippen MR) is 116 cm³/mol. The second-order valence-corrected chi connectivity index (χ2v) is 7.26. The molecule has 1 atom stereocenters. The molecule has 0 aliphatic carbocycles. The lowest BCUT2D eigenvalue weighted by Gasteiger charge is -2.20. The van der Waals surface area contributed by atoms with Crippen molar-refractivity contribution >= 4 is 29.3 Å². The van der Waals surface area contributed by atoms with Crippen LogP contribution in [0.1, 0.15) is 18.9 Å². The van der Waals surface area contributed by atoms with Gasteiger partial charge in [0, 0.05) is 51.1 Å². The molecule has 1 amide bonds. The largest absolute Gasteiger partial charge is 0.354 e. The zero-order valence-corrected chi connectivity index (χ0v) is 17.0. The van der Waals surface area contributed by atoms with Crippen LogP contribution in [0.3, 0.4) is 0 Å². The topological polar surface area (TPSA) is 108 Å². The number of hydrogen-bond acceptors (Lipinski definition) is 8. The van der Waals surface area contributed by atoms with E-state index in [1.807, 2.05) is 6.07 Å². The van der Waals surface area contributed by atoms with Crippen LogP contribution >= 0.6 is 0 Å². The third-order valence-electron chi connectivity index (χ3n) is 4.82. The molecule has 1 aromatic carbocycles. The minimum atomic E-state index is -0.278. The van der Waals surface area contributed by atoms with E-state index in [1.165, 1.54) is 19.1 Å². The van der Waals surface area contributed by atoms with E-state index < -0.39 is 0 Å². The highest BCUT2D eigenvalue weighted by Gasteiger charge is 2.25. The van der Waals surface area contributed by atoms with Gasteiger partial charge in [-0.1, -0.05) is 12.1 Å². The van der Waals surface area contributed by atoms with Crippen molar-refractivity contribution in [3.63, 3.8) is 0 Å². The molecule has 31 heavy (non-hydrogen) atoms. The van der Waals surface area contributed by atoms with Gasteiger partial charge in [-0.3, -0.25) is 9.78 Å². The fourth-order valence-corrected chi connectivity index (χ4v) is 3.39. The van der Waals surface area contributed by atoms with E-state index in [2.05, 4.69) is 40.8 Å². The molecular formula is C21H23FN8O. The second-order valence-electron chi connectivity index (χ2n) is 7.26. The molecule has 1 aliphatic rings. The zero-order valence-electron chi connectivity index (χ0n) is 17.0. The lowest BCUT2D eigenvalue weighted by atomic mass is 10.2. The maximum Gasteiger partial charge on any atom is 0.226 e. The molecule has 3 N–H and O–H groups in total. The van der Waals surface area contributed by atoms with E-state index in [0.29, 0.717) is 30.7 Å². The van der Waals surface area contributed by atoms with Gasteiger partial charge < -0.3 is 20.9 Å². The second kappa shape index (κ2) is 9.33. The number of aromatic nitrogens is 4. The number of anilines is 4. The molecule has 3 aromatic rings. The molecule has 10 heteroatoms. The predicted octanol–water partition coefficient (Wildman–Crippen LogP) is 2.48. The number of rotatable bonds is 7. The first-order valence-electron chi connectivity index (χ1n) is 9.97. The Morgan fingerprint density at radius 3 is 2.77 bits per heavy atom. The summed E-state index contributed by atoms with van der Waals surface area (Å²) in [6.07, 6.45) is 5.64. The number of amides is 1. The van der Waals surface area contributed by atoms with Crippen LogP contribution in [0.2, 0.25) is 0 Å².